The van der Waals surface area contributed by atoms with E-state index in [0.29, 0.717) is 24.6 Å². The molecule has 0 spiro atoms. The van der Waals surface area contributed by atoms with Gasteiger partial charge in [-0.3, -0.25) is 0 Å². The van der Waals surface area contributed by atoms with Crippen LogP contribution < -0.4 is 0 Å². The van der Waals surface area contributed by atoms with Crippen molar-refractivity contribution in [3.8, 4) is 6.07 Å². The first-order chi connectivity index (χ1) is 8.67. The van der Waals surface area contributed by atoms with Gasteiger partial charge in [-0.15, -0.1) is 0 Å². The van der Waals surface area contributed by atoms with Crippen LogP contribution in [0.3, 0.4) is 0 Å². The van der Waals surface area contributed by atoms with Crippen molar-refractivity contribution in [3.63, 3.8) is 0 Å². The number of halogens is 1. The van der Waals surface area contributed by atoms with Crippen molar-refractivity contribution in [3.05, 3.63) is 47.4 Å². The average molecular weight is 245 g/mol. The molecule has 0 saturated heterocycles. The summed E-state index contributed by atoms with van der Waals surface area (Å²) < 4.78 is 18.0. The summed E-state index contributed by atoms with van der Waals surface area (Å²) in [4.78, 5) is 4.17. The van der Waals surface area contributed by atoms with Gasteiger partial charge in [0.05, 0.1) is 12.0 Å². The summed E-state index contributed by atoms with van der Waals surface area (Å²) in [5.41, 5.74) is 0.788. The van der Waals surface area contributed by atoms with Crippen LogP contribution in [0.15, 0.2) is 28.8 Å². The van der Waals surface area contributed by atoms with Crippen molar-refractivity contribution in [2.75, 3.05) is 0 Å². The van der Waals surface area contributed by atoms with E-state index >= 15 is 0 Å². The Morgan fingerprint density at radius 3 is 3.06 bits per heavy atom. The molecule has 0 N–H and O–H groups in total. The predicted molar refractivity (Wildman–Crippen MR) is 62.0 cm³/mol. The lowest BCUT2D eigenvalue weighted by molar-refractivity contribution is 0.365. The predicted octanol–water partition coefficient (Wildman–Crippen LogP) is 2.50. The zero-order valence-electron chi connectivity index (χ0n) is 9.93. The fraction of sp³-hybridized carbons (Fsp3) is 0.308. The first-order valence-corrected chi connectivity index (χ1v) is 5.63. The Hall–Kier alpha value is -2.22. The van der Waals surface area contributed by atoms with Crippen LogP contribution in [0.5, 0.6) is 0 Å². The maximum Gasteiger partial charge on any atom is 0.227 e. The highest BCUT2D eigenvalue weighted by molar-refractivity contribution is 5.19. The summed E-state index contributed by atoms with van der Waals surface area (Å²) in [7, 11) is 0. The van der Waals surface area contributed by atoms with Gasteiger partial charge in [0.1, 0.15) is 5.82 Å². The van der Waals surface area contributed by atoms with Gasteiger partial charge in [0.15, 0.2) is 5.82 Å². The molecule has 1 aromatic carbocycles. The Balaban J connectivity index is 2.05. The summed E-state index contributed by atoms with van der Waals surface area (Å²) in [5, 5.41) is 12.5. The number of hydrogen-bond donors (Lipinski definition) is 0. The lowest BCUT2D eigenvalue weighted by atomic mass is 10.1. The lowest BCUT2D eigenvalue weighted by Crippen LogP contribution is -1.97. The number of nitrogens with zero attached hydrogens (tertiary/aromatic N) is 3. The van der Waals surface area contributed by atoms with Crippen LogP contribution in [0.1, 0.15) is 24.2 Å². The van der Waals surface area contributed by atoms with Gasteiger partial charge in [0.25, 0.3) is 0 Å². The average Bonchev–Trinajstić information content (AvgIpc) is 2.76. The van der Waals surface area contributed by atoms with Gasteiger partial charge in [0.2, 0.25) is 5.89 Å². The third-order valence-corrected chi connectivity index (χ3v) is 2.46. The topological polar surface area (TPSA) is 62.7 Å². The van der Waals surface area contributed by atoms with Crippen LogP contribution >= 0.6 is 0 Å². The van der Waals surface area contributed by atoms with Gasteiger partial charge in [-0.1, -0.05) is 17.3 Å². The fourth-order valence-corrected chi connectivity index (χ4v) is 1.58. The van der Waals surface area contributed by atoms with Crippen molar-refractivity contribution in [1.82, 2.24) is 10.1 Å². The smallest absolute Gasteiger partial charge is 0.227 e. The molecule has 2 rings (SSSR count). The van der Waals surface area contributed by atoms with E-state index in [1.807, 2.05) is 0 Å². The van der Waals surface area contributed by atoms with E-state index in [-0.39, 0.29) is 11.7 Å². The van der Waals surface area contributed by atoms with Crippen LogP contribution in [0.4, 0.5) is 4.39 Å². The Morgan fingerprint density at radius 2 is 2.33 bits per heavy atom. The molecule has 2 aromatic rings. The zero-order valence-corrected chi connectivity index (χ0v) is 9.93. The van der Waals surface area contributed by atoms with E-state index < -0.39 is 0 Å². The summed E-state index contributed by atoms with van der Waals surface area (Å²) in [5.74, 6) is 0.498. The molecular weight excluding hydrogens is 233 g/mol. The summed E-state index contributed by atoms with van der Waals surface area (Å²) in [6, 6.07) is 8.37. The molecule has 0 aliphatic carbocycles. The van der Waals surface area contributed by atoms with Crippen LogP contribution in [0, 0.1) is 23.1 Å². The monoisotopic (exact) mass is 245 g/mol. The summed E-state index contributed by atoms with van der Waals surface area (Å²) >= 11 is 0. The Kier molecular flexibility index (Phi) is 3.68. The molecule has 0 aliphatic rings. The summed E-state index contributed by atoms with van der Waals surface area (Å²) in [6.07, 6.45) is 0.856. The van der Waals surface area contributed by atoms with Gasteiger partial charge in [0, 0.05) is 12.8 Å². The number of aromatic nitrogens is 2. The second-order valence-corrected chi connectivity index (χ2v) is 4.15. The molecule has 18 heavy (non-hydrogen) atoms. The van der Waals surface area contributed by atoms with Gasteiger partial charge in [-0.2, -0.15) is 10.2 Å². The Labute approximate surface area is 104 Å². The van der Waals surface area contributed by atoms with Gasteiger partial charge in [-0.05, 0) is 24.6 Å². The van der Waals surface area contributed by atoms with Crippen molar-refractivity contribution >= 4 is 0 Å². The Bertz CT molecular complexity index is 574. The number of rotatable bonds is 4. The standard InChI is InChI=1S/C13H12FN3O/c1-9(8-15)5-13-16-12(17-18-13)7-10-3-2-4-11(14)6-10/h2-4,6,9H,5,7H2,1H3. The maximum atomic E-state index is 13.0. The van der Waals surface area contributed by atoms with E-state index in [0.717, 1.165) is 5.56 Å². The number of benzene rings is 1. The highest BCUT2D eigenvalue weighted by Crippen LogP contribution is 2.10. The summed E-state index contributed by atoms with van der Waals surface area (Å²) in [6.45, 7) is 1.79. The van der Waals surface area contributed by atoms with Crippen molar-refractivity contribution in [2.24, 2.45) is 5.92 Å². The molecule has 0 fully saturated rings. The number of nitriles is 1. The second-order valence-electron chi connectivity index (χ2n) is 4.15. The molecule has 1 heterocycles. The molecule has 92 valence electrons. The van der Waals surface area contributed by atoms with Gasteiger partial charge in [-0.25, -0.2) is 4.39 Å². The first kappa shape index (κ1) is 12.2. The third-order valence-electron chi connectivity index (χ3n) is 2.46. The van der Waals surface area contributed by atoms with Crippen LogP contribution in [-0.4, -0.2) is 10.1 Å². The van der Waals surface area contributed by atoms with E-state index in [2.05, 4.69) is 16.2 Å². The largest absolute Gasteiger partial charge is 0.339 e. The minimum Gasteiger partial charge on any atom is -0.339 e. The number of hydrogen-bond acceptors (Lipinski definition) is 4. The SMILES string of the molecule is CC(C#N)Cc1nc(Cc2cccc(F)c2)no1. The van der Waals surface area contributed by atoms with Gasteiger partial charge >= 0.3 is 0 Å². The molecule has 0 bridgehead atoms. The van der Waals surface area contributed by atoms with Crippen LogP contribution in [0.25, 0.3) is 0 Å². The molecule has 1 atom stereocenters. The maximum absolute atomic E-state index is 13.0. The molecule has 4 nitrogen and oxygen atoms in total. The zero-order chi connectivity index (χ0) is 13.0. The van der Waals surface area contributed by atoms with E-state index in [4.69, 9.17) is 9.78 Å². The molecule has 1 aromatic heterocycles. The van der Waals surface area contributed by atoms with Crippen molar-refractivity contribution < 1.29 is 8.91 Å². The fourth-order valence-electron chi connectivity index (χ4n) is 1.58. The van der Waals surface area contributed by atoms with Crippen LogP contribution in [-0.2, 0) is 12.8 Å². The van der Waals surface area contributed by atoms with E-state index in [1.54, 1.807) is 19.1 Å². The van der Waals surface area contributed by atoms with E-state index in [1.165, 1.54) is 12.1 Å². The minimum absolute atomic E-state index is 0.160. The second kappa shape index (κ2) is 5.41. The molecule has 0 saturated carbocycles. The molecule has 1 unspecified atom stereocenters. The molecule has 5 heteroatoms. The normalized spacial score (nSPS) is 12.1. The minimum atomic E-state index is -0.283. The van der Waals surface area contributed by atoms with Crippen LogP contribution in [0.2, 0.25) is 0 Å². The third kappa shape index (κ3) is 3.14. The molecule has 0 radical (unpaired) electrons. The molecule has 0 aliphatic heterocycles. The first-order valence-electron chi connectivity index (χ1n) is 5.63. The molecular formula is C13H12FN3O. The van der Waals surface area contributed by atoms with Crippen molar-refractivity contribution in [1.29, 1.82) is 5.26 Å². The Morgan fingerprint density at radius 1 is 1.50 bits per heavy atom. The highest BCUT2D eigenvalue weighted by Gasteiger charge is 2.10. The quantitative estimate of drug-likeness (QED) is 0.830. The highest BCUT2D eigenvalue weighted by atomic mass is 19.1. The van der Waals surface area contributed by atoms with Gasteiger partial charge < -0.3 is 4.52 Å². The van der Waals surface area contributed by atoms with E-state index in [9.17, 15) is 4.39 Å². The molecule has 0 amide bonds. The lowest BCUT2D eigenvalue weighted by Gasteiger charge is -1.96. The van der Waals surface area contributed by atoms with Crippen molar-refractivity contribution in [2.45, 2.75) is 19.8 Å².